The van der Waals surface area contributed by atoms with E-state index in [-0.39, 0.29) is 16.6 Å². The first-order valence-corrected chi connectivity index (χ1v) is 8.59. The predicted molar refractivity (Wildman–Crippen MR) is 99.6 cm³/mol. The van der Waals surface area contributed by atoms with E-state index in [4.69, 9.17) is 4.74 Å². The number of allylic oxidation sites excluding steroid dienone is 1. The lowest BCUT2D eigenvalue weighted by atomic mass is 10.2. The van der Waals surface area contributed by atoms with Gasteiger partial charge in [0.2, 0.25) is 0 Å². The van der Waals surface area contributed by atoms with E-state index in [1.165, 1.54) is 11.8 Å². The molecule has 0 fully saturated rings. The molecule has 1 atom stereocenters. The van der Waals surface area contributed by atoms with Crippen molar-refractivity contribution in [3.05, 3.63) is 60.1 Å². The van der Waals surface area contributed by atoms with Crippen LogP contribution < -0.4 is 4.74 Å². The van der Waals surface area contributed by atoms with Crippen LogP contribution in [0, 0.1) is 11.3 Å². The fourth-order valence-electron chi connectivity index (χ4n) is 2.42. The van der Waals surface area contributed by atoms with Gasteiger partial charge in [0.1, 0.15) is 23.2 Å². The highest BCUT2D eigenvalue weighted by Crippen LogP contribution is 2.31. The molecule has 0 aliphatic carbocycles. The summed E-state index contributed by atoms with van der Waals surface area (Å²) in [6.07, 6.45) is 0. The van der Waals surface area contributed by atoms with Crippen LogP contribution in [0.4, 0.5) is 0 Å². The number of thioether (sulfide) groups is 1. The number of fused-ring (bicyclic) bond motifs is 1. The van der Waals surface area contributed by atoms with E-state index in [0.29, 0.717) is 5.82 Å². The van der Waals surface area contributed by atoms with Crippen molar-refractivity contribution >= 4 is 28.4 Å². The molecule has 0 bridgehead atoms. The fourth-order valence-corrected chi connectivity index (χ4v) is 3.35. The Morgan fingerprint density at radius 2 is 1.96 bits per heavy atom. The Kier molecular flexibility index (Phi) is 4.96. The molecular weight excluding hydrogens is 334 g/mol. The summed E-state index contributed by atoms with van der Waals surface area (Å²) in [5.41, 5.74) is 1.74. The Balaban J connectivity index is 1.88. The second kappa shape index (κ2) is 7.32. The monoisotopic (exact) mass is 351 g/mol. The van der Waals surface area contributed by atoms with E-state index in [1.54, 1.807) is 7.11 Å². The van der Waals surface area contributed by atoms with E-state index in [1.807, 2.05) is 55.5 Å². The first kappa shape index (κ1) is 16.9. The standard InChI is InChI=1S/C19H17N3O2S/c1-12(25-14-9-7-13(24-2)8-10-14)18(23)15(11-20)19-21-16-5-3-4-6-17(16)22-19/h3-10,12,23H,1-2H3,(H,21,22)/b18-15-/t12-/m0/s1. The third kappa shape index (κ3) is 3.62. The molecule has 3 aromatic rings. The van der Waals surface area contributed by atoms with Crippen molar-refractivity contribution in [2.75, 3.05) is 7.11 Å². The minimum atomic E-state index is -0.295. The van der Waals surface area contributed by atoms with Crippen LogP contribution in [0.15, 0.2) is 59.2 Å². The Labute approximate surface area is 150 Å². The number of H-pyrrole nitrogens is 1. The maximum absolute atomic E-state index is 10.6. The molecule has 2 N–H and O–H groups in total. The summed E-state index contributed by atoms with van der Waals surface area (Å²) in [5, 5.41) is 19.8. The highest BCUT2D eigenvalue weighted by molar-refractivity contribution is 8.00. The number of para-hydroxylation sites is 2. The highest BCUT2D eigenvalue weighted by atomic mass is 32.2. The van der Waals surface area contributed by atoms with Gasteiger partial charge in [-0.1, -0.05) is 12.1 Å². The Morgan fingerprint density at radius 1 is 1.24 bits per heavy atom. The van der Waals surface area contributed by atoms with Crippen molar-refractivity contribution in [3.8, 4) is 11.8 Å². The number of nitriles is 1. The predicted octanol–water partition coefficient (Wildman–Crippen LogP) is 4.54. The summed E-state index contributed by atoms with van der Waals surface area (Å²) < 4.78 is 5.14. The highest BCUT2D eigenvalue weighted by Gasteiger charge is 2.19. The topological polar surface area (TPSA) is 81.9 Å². The smallest absolute Gasteiger partial charge is 0.152 e. The lowest BCUT2D eigenvalue weighted by Crippen LogP contribution is -2.04. The van der Waals surface area contributed by atoms with Gasteiger partial charge in [-0.2, -0.15) is 5.26 Å². The first-order chi connectivity index (χ1) is 12.1. The number of methoxy groups -OCH3 is 1. The molecule has 0 saturated carbocycles. The quantitative estimate of drug-likeness (QED) is 0.400. The minimum Gasteiger partial charge on any atom is -0.510 e. The number of aromatic amines is 1. The fraction of sp³-hybridized carbons (Fsp3) is 0.158. The largest absolute Gasteiger partial charge is 0.510 e. The number of rotatable bonds is 5. The lowest BCUT2D eigenvalue weighted by Gasteiger charge is -2.12. The van der Waals surface area contributed by atoms with Gasteiger partial charge in [-0.15, -0.1) is 11.8 Å². The van der Waals surface area contributed by atoms with Crippen molar-refractivity contribution in [1.82, 2.24) is 9.97 Å². The molecule has 5 nitrogen and oxygen atoms in total. The molecular formula is C19H17N3O2S. The second-order valence-corrected chi connectivity index (χ2v) is 6.82. The summed E-state index contributed by atoms with van der Waals surface area (Å²) in [4.78, 5) is 8.45. The van der Waals surface area contributed by atoms with Crippen LogP contribution in [0.25, 0.3) is 16.6 Å². The summed E-state index contributed by atoms with van der Waals surface area (Å²) >= 11 is 1.46. The zero-order valence-corrected chi connectivity index (χ0v) is 14.7. The van der Waals surface area contributed by atoms with Crippen LogP contribution in [0.1, 0.15) is 12.7 Å². The lowest BCUT2D eigenvalue weighted by molar-refractivity contribution is 0.402. The van der Waals surface area contributed by atoms with Gasteiger partial charge in [-0.3, -0.25) is 0 Å². The van der Waals surface area contributed by atoms with Crippen LogP contribution in [0.5, 0.6) is 5.75 Å². The normalized spacial score (nSPS) is 13.2. The van der Waals surface area contributed by atoms with Gasteiger partial charge in [0, 0.05) is 4.90 Å². The van der Waals surface area contributed by atoms with Gasteiger partial charge in [-0.05, 0) is 43.3 Å². The number of aliphatic hydroxyl groups is 1. The van der Waals surface area contributed by atoms with Crippen LogP contribution in [-0.2, 0) is 0 Å². The Hall–Kier alpha value is -2.91. The summed E-state index contributed by atoms with van der Waals surface area (Å²) in [5.74, 6) is 1.16. The van der Waals surface area contributed by atoms with E-state index in [9.17, 15) is 10.4 Å². The maximum atomic E-state index is 10.6. The average molecular weight is 351 g/mol. The molecule has 1 aromatic heterocycles. The van der Waals surface area contributed by atoms with Gasteiger partial charge < -0.3 is 14.8 Å². The van der Waals surface area contributed by atoms with Crippen molar-refractivity contribution in [3.63, 3.8) is 0 Å². The SMILES string of the molecule is COc1ccc(S[C@@H](C)/C(O)=C(\C#N)c2nc3ccccc3[nH]2)cc1. The molecule has 0 radical (unpaired) electrons. The molecule has 0 aliphatic rings. The number of nitrogens with zero attached hydrogens (tertiary/aromatic N) is 2. The number of aromatic nitrogens is 2. The van der Waals surface area contributed by atoms with Crippen LogP contribution >= 0.6 is 11.8 Å². The number of hydrogen-bond acceptors (Lipinski definition) is 5. The van der Waals surface area contributed by atoms with Gasteiger partial charge in [0.25, 0.3) is 0 Å². The molecule has 2 aromatic carbocycles. The third-order valence-corrected chi connectivity index (χ3v) is 4.87. The van der Waals surface area contributed by atoms with E-state index >= 15 is 0 Å². The summed E-state index contributed by atoms with van der Waals surface area (Å²) in [6.45, 7) is 1.85. The second-order valence-electron chi connectivity index (χ2n) is 5.41. The van der Waals surface area contributed by atoms with Crippen molar-refractivity contribution in [1.29, 1.82) is 5.26 Å². The van der Waals surface area contributed by atoms with Gasteiger partial charge in [0.15, 0.2) is 5.82 Å². The Morgan fingerprint density at radius 3 is 2.60 bits per heavy atom. The van der Waals surface area contributed by atoms with Crippen molar-refractivity contribution < 1.29 is 9.84 Å². The minimum absolute atomic E-state index is 0.00220. The maximum Gasteiger partial charge on any atom is 0.152 e. The third-order valence-electron chi connectivity index (χ3n) is 3.75. The molecule has 126 valence electrons. The van der Waals surface area contributed by atoms with E-state index in [2.05, 4.69) is 16.0 Å². The summed E-state index contributed by atoms with van der Waals surface area (Å²) in [6, 6.07) is 17.1. The van der Waals surface area contributed by atoms with E-state index < -0.39 is 0 Å². The number of benzene rings is 2. The Bertz CT molecular complexity index is 922. The van der Waals surface area contributed by atoms with Crippen molar-refractivity contribution in [2.24, 2.45) is 0 Å². The van der Waals surface area contributed by atoms with Gasteiger partial charge >= 0.3 is 0 Å². The zero-order valence-electron chi connectivity index (χ0n) is 13.9. The van der Waals surface area contributed by atoms with Gasteiger partial charge in [0.05, 0.1) is 23.4 Å². The molecule has 0 amide bonds. The van der Waals surface area contributed by atoms with Crippen LogP contribution in [0.3, 0.4) is 0 Å². The van der Waals surface area contributed by atoms with Crippen LogP contribution in [0.2, 0.25) is 0 Å². The van der Waals surface area contributed by atoms with E-state index in [0.717, 1.165) is 21.7 Å². The molecule has 1 heterocycles. The molecule has 0 aliphatic heterocycles. The number of nitrogens with one attached hydrogen (secondary N) is 1. The van der Waals surface area contributed by atoms with Crippen LogP contribution in [-0.4, -0.2) is 27.4 Å². The molecule has 0 unspecified atom stereocenters. The molecule has 3 rings (SSSR count). The first-order valence-electron chi connectivity index (χ1n) is 7.71. The average Bonchev–Trinajstić information content (AvgIpc) is 3.06. The molecule has 0 spiro atoms. The molecule has 25 heavy (non-hydrogen) atoms. The number of hydrogen-bond donors (Lipinski definition) is 2. The number of aliphatic hydroxyl groups excluding tert-OH is 1. The molecule has 6 heteroatoms. The molecule has 0 saturated heterocycles. The summed E-state index contributed by atoms with van der Waals surface area (Å²) in [7, 11) is 1.62. The number of ether oxygens (including phenoxy) is 1. The van der Waals surface area contributed by atoms with Crippen molar-refractivity contribution in [2.45, 2.75) is 17.1 Å². The number of imidazole rings is 1. The van der Waals surface area contributed by atoms with Gasteiger partial charge in [-0.25, -0.2) is 4.98 Å². The zero-order chi connectivity index (χ0) is 17.8.